The number of amides is 10. The Bertz CT molecular complexity index is 2740. The molecule has 0 spiro atoms. The van der Waals surface area contributed by atoms with Crippen molar-refractivity contribution in [3.8, 4) is 22.4 Å². The summed E-state index contributed by atoms with van der Waals surface area (Å²) in [5, 5.41) is 13.3. The third kappa shape index (κ3) is 14.9. The van der Waals surface area contributed by atoms with Crippen LogP contribution in [0.1, 0.15) is 63.6 Å². The molecule has 2 atom stereocenters. The lowest BCUT2D eigenvalue weighted by Gasteiger charge is -2.25. The first-order valence-electron chi connectivity index (χ1n) is 23.0. The van der Waals surface area contributed by atoms with Gasteiger partial charge in [0.2, 0.25) is 23.7 Å². The molecule has 0 saturated heterocycles. The lowest BCUT2D eigenvalue weighted by Crippen LogP contribution is -2.54. The topological polar surface area (TPSA) is 319 Å². The number of primary amides is 2. The molecular weight excluding hydrogens is 915 g/mol. The minimum Gasteiger partial charge on any atom is -0.445 e. The maximum atomic E-state index is 13.6. The van der Waals surface area contributed by atoms with Gasteiger partial charge in [0.25, 0.3) is 11.8 Å². The molecule has 71 heavy (non-hydrogen) atoms. The molecule has 0 bridgehead atoms. The summed E-state index contributed by atoms with van der Waals surface area (Å²) in [5.41, 5.74) is 16.4. The number of aromatic nitrogens is 4. The van der Waals surface area contributed by atoms with E-state index >= 15 is 0 Å². The van der Waals surface area contributed by atoms with Crippen molar-refractivity contribution < 1.29 is 43.1 Å². The van der Waals surface area contributed by atoms with Crippen LogP contribution in [0.2, 0.25) is 0 Å². The Labute approximate surface area is 408 Å². The van der Waals surface area contributed by atoms with Crippen LogP contribution in [0.25, 0.3) is 33.4 Å². The molecule has 4 heterocycles. The number of carbonyl (C=O) groups is 8. The second-order valence-electron chi connectivity index (χ2n) is 17.1. The number of urea groups is 2. The number of fused-ring (bicyclic) bond motifs is 1. The van der Waals surface area contributed by atoms with Crippen molar-refractivity contribution in [2.24, 2.45) is 17.4 Å². The van der Waals surface area contributed by atoms with Gasteiger partial charge in [-0.15, -0.1) is 0 Å². The highest BCUT2D eigenvalue weighted by atomic mass is 16.6. The summed E-state index contributed by atoms with van der Waals surface area (Å²) in [7, 11) is 1.59. The number of rotatable bonds is 23. The average Bonchev–Trinajstić information content (AvgIpc) is 3.90. The first-order chi connectivity index (χ1) is 34.0. The van der Waals surface area contributed by atoms with Crippen LogP contribution in [-0.4, -0.2) is 110 Å². The van der Waals surface area contributed by atoms with Crippen LogP contribution in [0.5, 0.6) is 0 Å². The zero-order valence-corrected chi connectivity index (χ0v) is 39.5. The lowest BCUT2D eigenvalue weighted by molar-refractivity contribution is -0.137. The number of nitrogens with two attached hydrogens (primary N) is 2. The summed E-state index contributed by atoms with van der Waals surface area (Å²) in [6, 6.07) is 16.1. The molecule has 10 amide bonds. The van der Waals surface area contributed by atoms with Gasteiger partial charge in [0.15, 0.2) is 0 Å². The molecule has 1 aliphatic heterocycles. The van der Waals surface area contributed by atoms with Crippen molar-refractivity contribution in [1.82, 2.24) is 45.7 Å². The normalized spacial score (nSPS) is 12.9. The van der Waals surface area contributed by atoms with Crippen LogP contribution in [0.15, 0.2) is 91.3 Å². The van der Waals surface area contributed by atoms with Gasteiger partial charge < -0.3 is 47.4 Å². The number of hydrogen-bond acceptors (Lipinski definition) is 12. The van der Waals surface area contributed by atoms with E-state index in [1.807, 2.05) is 36.4 Å². The standard InChI is InChI=1S/C49H57N13O9/c1-29(2)42(58-39(63)12-5-4-8-23-62-40(64)19-20-41(62)65)45(67)56-37(11-9-22-53-46(50)68)44(66)55-33-16-13-30(14-17-33)28-71-49(70)61(3)27-34-18-15-31(26-54-34)32-24-35(36-10-6-7-21-52-36)43-38(25-32)57-48(59-43)60-47(51)69/h6-7,10,13-21,24-26,29,37,42H,4-5,8-9,11-12,22-23,27-28H2,1-3H3,(H,55,66)(H,56,67)(H,58,63)(H3,50,53,68)(H4,51,57,59,60,69)/t37-,42-/m0/s1. The van der Waals surface area contributed by atoms with Gasteiger partial charge in [0, 0.05) is 67.9 Å². The first-order valence-corrected chi connectivity index (χ1v) is 23.0. The van der Waals surface area contributed by atoms with E-state index in [2.05, 4.69) is 46.5 Å². The molecule has 2 aromatic carbocycles. The predicted molar refractivity (Wildman–Crippen MR) is 262 cm³/mol. The Morgan fingerprint density at radius 2 is 1.58 bits per heavy atom. The highest BCUT2D eigenvalue weighted by Crippen LogP contribution is 2.33. The maximum Gasteiger partial charge on any atom is 0.410 e. The predicted octanol–water partition coefficient (Wildman–Crippen LogP) is 4.44. The van der Waals surface area contributed by atoms with E-state index in [0.29, 0.717) is 59.4 Å². The molecule has 0 fully saturated rings. The smallest absolute Gasteiger partial charge is 0.410 e. The Morgan fingerprint density at radius 3 is 2.24 bits per heavy atom. The van der Waals surface area contributed by atoms with Gasteiger partial charge in [-0.3, -0.25) is 44.2 Å². The fraction of sp³-hybridized carbons (Fsp3) is 0.327. The SMILES string of the molecule is CC(C)[C@H](NC(=O)CCCCCN1C(=O)C=CC1=O)C(=O)N[C@@H](CCCNC(N)=O)C(=O)Nc1ccc(COC(=O)N(C)Cc2ccc(-c3cc(-c4ccccn4)c4nc(NC(N)=O)[nH]c4c3)cn2)cc1. The number of benzene rings is 2. The minimum atomic E-state index is -1.05. The largest absolute Gasteiger partial charge is 0.445 e. The van der Waals surface area contributed by atoms with E-state index < -0.39 is 42.1 Å². The molecule has 6 rings (SSSR count). The van der Waals surface area contributed by atoms with Crippen molar-refractivity contribution in [2.75, 3.05) is 30.8 Å². The fourth-order valence-electron chi connectivity index (χ4n) is 7.56. The fourth-order valence-corrected chi connectivity index (χ4v) is 7.56. The van der Waals surface area contributed by atoms with Crippen LogP contribution >= 0.6 is 0 Å². The first kappa shape index (κ1) is 51.7. The number of hydrogen-bond donors (Lipinski definition) is 8. The number of unbranched alkanes of at least 4 members (excludes halogenated alkanes) is 2. The highest BCUT2D eigenvalue weighted by molar-refractivity contribution is 6.12. The second kappa shape index (κ2) is 24.5. The van der Waals surface area contributed by atoms with E-state index in [0.717, 1.165) is 21.6 Å². The number of nitrogens with zero attached hydrogens (tertiary/aromatic N) is 5. The van der Waals surface area contributed by atoms with Gasteiger partial charge >= 0.3 is 18.2 Å². The molecule has 5 aromatic rings. The summed E-state index contributed by atoms with van der Waals surface area (Å²) in [4.78, 5) is 119. The number of pyridine rings is 2. The third-order valence-corrected chi connectivity index (χ3v) is 11.3. The summed E-state index contributed by atoms with van der Waals surface area (Å²) in [6.07, 6.45) is 7.33. The van der Waals surface area contributed by atoms with Crippen molar-refractivity contribution in [3.63, 3.8) is 0 Å². The van der Waals surface area contributed by atoms with Crippen LogP contribution in [0, 0.1) is 5.92 Å². The second-order valence-corrected chi connectivity index (χ2v) is 17.1. The van der Waals surface area contributed by atoms with Crippen LogP contribution in [0.4, 0.5) is 26.0 Å². The number of nitrogens with one attached hydrogen (secondary N) is 6. The maximum absolute atomic E-state index is 13.6. The molecule has 22 heteroatoms. The Morgan fingerprint density at radius 1 is 0.817 bits per heavy atom. The van der Waals surface area contributed by atoms with Gasteiger partial charge in [-0.2, -0.15) is 0 Å². The summed E-state index contributed by atoms with van der Waals surface area (Å²) >= 11 is 0. The number of H-pyrrole nitrogens is 1. The Hall–Kier alpha value is -8.69. The number of ether oxygens (including phenoxy) is 1. The molecule has 0 saturated carbocycles. The number of anilines is 2. The zero-order valence-electron chi connectivity index (χ0n) is 39.5. The number of imidazole rings is 1. The van der Waals surface area contributed by atoms with E-state index in [4.69, 9.17) is 16.2 Å². The van der Waals surface area contributed by atoms with E-state index in [1.54, 1.807) is 63.6 Å². The summed E-state index contributed by atoms with van der Waals surface area (Å²) in [5.74, 6) is -2.33. The van der Waals surface area contributed by atoms with Crippen LogP contribution < -0.4 is 38.1 Å². The van der Waals surface area contributed by atoms with Crippen LogP contribution in [0.3, 0.4) is 0 Å². The van der Waals surface area contributed by atoms with Gasteiger partial charge in [0.1, 0.15) is 18.7 Å². The zero-order chi connectivity index (χ0) is 51.0. The Balaban J connectivity index is 0.993. The lowest BCUT2D eigenvalue weighted by atomic mass is 10.0. The number of carbonyl (C=O) groups excluding carboxylic acids is 8. The molecule has 0 aliphatic carbocycles. The molecule has 10 N–H and O–H groups in total. The number of imide groups is 1. The number of aromatic amines is 1. The van der Waals surface area contributed by atoms with Gasteiger partial charge in [0.05, 0.1) is 29.0 Å². The Kier molecular flexibility index (Phi) is 17.9. The quantitative estimate of drug-likeness (QED) is 0.0333. The third-order valence-electron chi connectivity index (χ3n) is 11.3. The summed E-state index contributed by atoms with van der Waals surface area (Å²) < 4.78 is 5.56. The average molecular weight is 972 g/mol. The molecule has 1 aliphatic rings. The van der Waals surface area contributed by atoms with E-state index in [1.165, 1.54) is 17.1 Å². The van der Waals surface area contributed by atoms with Crippen molar-refractivity contribution >= 4 is 70.4 Å². The van der Waals surface area contributed by atoms with Gasteiger partial charge in [-0.1, -0.05) is 44.5 Å². The van der Waals surface area contributed by atoms with Crippen molar-refractivity contribution in [1.29, 1.82) is 0 Å². The van der Waals surface area contributed by atoms with E-state index in [9.17, 15) is 38.4 Å². The minimum absolute atomic E-state index is 0.0681. The summed E-state index contributed by atoms with van der Waals surface area (Å²) in [6.45, 7) is 4.02. The molecular formula is C49H57N13O9. The van der Waals surface area contributed by atoms with Gasteiger partial charge in [-0.25, -0.2) is 19.4 Å². The molecule has 22 nitrogen and oxygen atoms in total. The monoisotopic (exact) mass is 971 g/mol. The molecule has 372 valence electrons. The van der Waals surface area contributed by atoms with E-state index in [-0.39, 0.29) is 68.7 Å². The highest BCUT2D eigenvalue weighted by Gasteiger charge is 2.29. The van der Waals surface area contributed by atoms with Crippen molar-refractivity contribution in [3.05, 3.63) is 103 Å². The van der Waals surface area contributed by atoms with Crippen molar-refractivity contribution in [2.45, 2.75) is 77.6 Å². The molecule has 0 radical (unpaired) electrons. The molecule has 3 aromatic heterocycles. The van der Waals surface area contributed by atoms with Gasteiger partial charge in [-0.05, 0) is 85.2 Å². The van der Waals surface area contributed by atoms with Crippen LogP contribution in [-0.2, 0) is 41.9 Å². The molecule has 0 unspecified atom stereocenters.